The van der Waals surface area contributed by atoms with Gasteiger partial charge in [0.15, 0.2) is 0 Å². The largest absolute Gasteiger partial charge is 0.319 e. The predicted octanol–water partition coefficient (Wildman–Crippen LogP) is 2.91. The molecular weight excluding hydrogens is 234 g/mol. The summed E-state index contributed by atoms with van der Waals surface area (Å²) in [5, 5.41) is 4.97. The van der Waals surface area contributed by atoms with Crippen molar-refractivity contribution in [2.24, 2.45) is 5.73 Å². The molecule has 0 bridgehead atoms. The number of hydrogen-bond acceptors (Lipinski definition) is 2. The maximum atomic E-state index is 6.29. The molecule has 1 unspecified atom stereocenters. The third-order valence-corrected chi connectivity index (χ3v) is 3.44. The van der Waals surface area contributed by atoms with E-state index in [1.54, 1.807) is 6.20 Å². The molecule has 1 atom stereocenters. The minimum absolute atomic E-state index is 0.232. The lowest BCUT2D eigenvalue weighted by atomic mass is 10.0. The molecule has 2 N–H and O–H groups in total. The minimum Gasteiger partial charge on any atom is -0.319 e. The van der Waals surface area contributed by atoms with Crippen molar-refractivity contribution in [3.63, 3.8) is 0 Å². The Bertz CT molecular complexity index is 519. The third kappa shape index (κ3) is 2.21. The van der Waals surface area contributed by atoms with Crippen molar-refractivity contribution < 1.29 is 0 Å². The summed E-state index contributed by atoms with van der Waals surface area (Å²) in [4.78, 5) is 0. The normalized spacial score (nSPS) is 12.7. The second kappa shape index (κ2) is 4.90. The number of benzene rings is 1. The van der Waals surface area contributed by atoms with Crippen molar-refractivity contribution in [2.75, 3.05) is 0 Å². The van der Waals surface area contributed by atoms with E-state index >= 15 is 0 Å². The monoisotopic (exact) mass is 249 g/mol. The van der Waals surface area contributed by atoms with Gasteiger partial charge >= 0.3 is 0 Å². The summed E-state index contributed by atoms with van der Waals surface area (Å²) < 4.78 is 1.89. The first-order valence-corrected chi connectivity index (χ1v) is 6.05. The predicted molar refractivity (Wildman–Crippen MR) is 70.1 cm³/mol. The highest BCUT2D eigenvalue weighted by molar-refractivity contribution is 6.32. The molecule has 0 saturated carbocycles. The molecule has 4 heteroatoms. The maximum absolute atomic E-state index is 6.29. The molecule has 17 heavy (non-hydrogen) atoms. The highest BCUT2D eigenvalue weighted by Crippen LogP contribution is 2.28. The molecule has 0 radical (unpaired) electrons. The van der Waals surface area contributed by atoms with E-state index in [4.69, 9.17) is 17.3 Å². The van der Waals surface area contributed by atoms with Crippen LogP contribution in [0.3, 0.4) is 0 Å². The number of halogens is 1. The summed E-state index contributed by atoms with van der Waals surface area (Å²) >= 11 is 6.29. The lowest BCUT2D eigenvalue weighted by Gasteiger charge is -2.16. The van der Waals surface area contributed by atoms with Crippen molar-refractivity contribution in [1.29, 1.82) is 0 Å². The molecular formula is C13H16ClN3. The molecule has 0 aliphatic heterocycles. The minimum atomic E-state index is -0.232. The summed E-state index contributed by atoms with van der Waals surface area (Å²) in [6, 6.07) is 7.63. The molecule has 0 amide bonds. The van der Waals surface area contributed by atoms with Gasteiger partial charge in [0.25, 0.3) is 0 Å². The van der Waals surface area contributed by atoms with Crippen molar-refractivity contribution in [3.05, 3.63) is 52.3 Å². The van der Waals surface area contributed by atoms with Crippen LogP contribution in [0.5, 0.6) is 0 Å². The zero-order chi connectivity index (χ0) is 12.4. The van der Waals surface area contributed by atoms with Crippen LogP contribution in [0.2, 0.25) is 5.02 Å². The van der Waals surface area contributed by atoms with Gasteiger partial charge in [-0.3, -0.25) is 4.68 Å². The molecule has 0 aliphatic rings. The Morgan fingerprint density at radius 3 is 2.88 bits per heavy atom. The van der Waals surface area contributed by atoms with Gasteiger partial charge < -0.3 is 5.73 Å². The first-order chi connectivity index (χ1) is 8.15. The van der Waals surface area contributed by atoms with Gasteiger partial charge in [0.1, 0.15) is 0 Å². The van der Waals surface area contributed by atoms with E-state index in [-0.39, 0.29) is 6.04 Å². The second-order valence-corrected chi connectivity index (χ2v) is 4.41. The van der Waals surface area contributed by atoms with E-state index < -0.39 is 0 Å². The number of aromatic nitrogens is 2. The van der Waals surface area contributed by atoms with Crippen molar-refractivity contribution >= 4 is 11.6 Å². The van der Waals surface area contributed by atoms with E-state index in [0.29, 0.717) is 0 Å². The van der Waals surface area contributed by atoms with Crippen molar-refractivity contribution in [3.8, 4) is 0 Å². The van der Waals surface area contributed by atoms with E-state index in [0.717, 1.165) is 28.4 Å². The Hall–Kier alpha value is -1.32. The first-order valence-electron chi connectivity index (χ1n) is 5.67. The lowest BCUT2D eigenvalue weighted by Crippen LogP contribution is -2.17. The summed E-state index contributed by atoms with van der Waals surface area (Å²) in [5.41, 5.74) is 9.24. The van der Waals surface area contributed by atoms with Crippen molar-refractivity contribution in [1.82, 2.24) is 9.78 Å². The van der Waals surface area contributed by atoms with Crippen molar-refractivity contribution in [2.45, 2.75) is 26.4 Å². The number of hydrogen-bond donors (Lipinski definition) is 1. The Morgan fingerprint density at radius 1 is 1.41 bits per heavy atom. The topological polar surface area (TPSA) is 43.8 Å². The third-order valence-electron chi connectivity index (χ3n) is 2.92. The van der Waals surface area contributed by atoms with Crippen LogP contribution in [0.4, 0.5) is 0 Å². The van der Waals surface area contributed by atoms with Gasteiger partial charge in [-0.1, -0.05) is 29.8 Å². The van der Waals surface area contributed by atoms with Gasteiger partial charge in [-0.2, -0.15) is 5.10 Å². The van der Waals surface area contributed by atoms with Gasteiger partial charge in [-0.25, -0.2) is 0 Å². The van der Waals surface area contributed by atoms with Gasteiger partial charge in [0.05, 0.1) is 11.7 Å². The van der Waals surface area contributed by atoms with Gasteiger partial charge in [0.2, 0.25) is 0 Å². The van der Waals surface area contributed by atoms with Crippen LogP contribution in [0.1, 0.15) is 29.8 Å². The van der Waals surface area contributed by atoms with E-state index in [1.807, 2.05) is 42.8 Å². The van der Waals surface area contributed by atoms with Gasteiger partial charge in [-0.05, 0) is 31.0 Å². The summed E-state index contributed by atoms with van der Waals surface area (Å²) in [7, 11) is 0. The fraction of sp³-hybridized carbons (Fsp3) is 0.308. The highest BCUT2D eigenvalue weighted by atomic mass is 35.5. The zero-order valence-corrected chi connectivity index (χ0v) is 10.8. The number of nitrogens with zero attached hydrogens (tertiary/aromatic N) is 2. The molecule has 2 aromatic rings. The molecule has 0 spiro atoms. The average molecular weight is 250 g/mol. The summed E-state index contributed by atoms with van der Waals surface area (Å²) in [6.07, 6.45) is 1.77. The van der Waals surface area contributed by atoms with E-state index in [2.05, 4.69) is 5.10 Å². The standard InChI is InChI=1S/C13H16ClN3/c1-3-17-11(7-8-16-17)13(15)10-6-4-5-9(2)12(10)14/h4-8,13H,3,15H2,1-2H3. The number of nitrogens with two attached hydrogens (primary N) is 1. The first kappa shape index (κ1) is 12.1. The quantitative estimate of drug-likeness (QED) is 0.909. The van der Waals surface area contributed by atoms with E-state index in [1.165, 1.54) is 0 Å². The van der Waals surface area contributed by atoms with Crippen LogP contribution in [-0.4, -0.2) is 9.78 Å². The van der Waals surface area contributed by atoms with Gasteiger partial charge in [0, 0.05) is 17.8 Å². The molecule has 0 saturated heterocycles. The average Bonchev–Trinajstić information content (AvgIpc) is 2.80. The Balaban J connectivity index is 2.44. The van der Waals surface area contributed by atoms with Crippen LogP contribution in [-0.2, 0) is 6.54 Å². The Kier molecular flexibility index (Phi) is 3.50. The maximum Gasteiger partial charge on any atom is 0.0737 e. The number of rotatable bonds is 3. The Morgan fingerprint density at radius 2 is 2.18 bits per heavy atom. The Labute approximate surface area is 106 Å². The van der Waals surface area contributed by atoms with Crippen LogP contribution < -0.4 is 5.73 Å². The summed E-state index contributed by atoms with van der Waals surface area (Å²) in [5.74, 6) is 0. The second-order valence-electron chi connectivity index (χ2n) is 4.03. The zero-order valence-electron chi connectivity index (χ0n) is 10.0. The van der Waals surface area contributed by atoms with Crippen LogP contribution in [0.25, 0.3) is 0 Å². The fourth-order valence-electron chi connectivity index (χ4n) is 1.94. The molecule has 2 rings (SSSR count). The molecule has 0 fully saturated rings. The molecule has 1 aromatic heterocycles. The lowest BCUT2D eigenvalue weighted by molar-refractivity contribution is 0.601. The van der Waals surface area contributed by atoms with Crippen LogP contribution in [0, 0.1) is 6.92 Å². The van der Waals surface area contributed by atoms with Crippen LogP contribution >= 0.6 is 11.6 Å². The summed E-state index contributed by atoms with van der Waals surface area (Å²) in [6.45, 7) is 4.83. The smallest absolute Gasteiger partial charge is 0.0737 e. The molecule has 90 valence electrons. The number of aryl methyl sites for hydroxylation is 2. The van der Waals surface area contributed by atoms with Gasteiger partial charge in [-0.15, -0.1) is 0 Å². The molecule has 1 aromatic carbocycles. The molecule has 1 heterocycles. The fourth-order valence-corrected chi connectivity index (χ4v) is 2.18. The van der Waals surface area contributed by atoms with E-state index in [9.17, 15) is 0 Å². The molecule has 3 nitrogen and oxygen atoms in total. The highest BCUT2D eigenvalue weighted by Gasteiger charge is 2.16. The SMILES string of the molecule is CCn1nccc1C(N)c1cccc(C)c1Cl. The molecule has 0 aliphatic carbocycles. The van der Waals surface area contributed by atoms with Crippen LogP contribution in [0.15, 0.2) is 30.5 Å².